The van der Waals surface area contributed by atoms with Crippen LogP contribution in [0.1, 0.15) is 50.7 Å². The Hall–Kier alpha value is -4.32. The van der Waals surface area contributed by atoms with E-state index in [0.29, 0.717) is 58.0 Å². The van der Waals surface area contributed by atoms with Crippen molar-refractivity contribution in [2.24, 2.45) is 0 Å². The molecule has 1 amide bonds. The molecular weight excluding hydrogens is 574 g/mol. The van der Waals surface area contributed by atoms with E-state index < -0.39 is 25.8 Å². The van der Waals surface area contributed by atoms with E-state index in [4.69, 9.17) is 13.7 Å². The largest absolute Gasteiger partial charge is 0.496 e. The lowest BCUT2D eigenvalue weighted by Crippen LogP contribution is -2.52. The van der Waals surface area contributed by atoms with Crippen LogP contribution in [0.5, 0.6) is 17.2 Å². The highest BCUT2D eigenvalue weighted by molar-refractivity contribution is 7.87. The minimum absolute atomic E-state index is 0.0301. The van der Waals surface area contributed by atoms with Crippen molar-refractivity contribution in [2.45, 2.75) is 63.9 Å². The summed E-state index contributed by atoms with van der Waals surface area (Å²) in [6, 6.07) is 13.0. The van der Waals surface area contributed by atoms with Crippen LogP contribution in [-0.2, 0) is 21.5 Å². The summed E-state index contributed by atoms with van der Waals surface area (Å²) in [5, 5.41) is 14.2. The van der Waals surface area contributed by atoms with Crippen molar-refractivity contribution >= 4 is 33.1 Å². The molecule has 43 heavy (non-hydrogen) atoms. The summed E-state index contributed by atoms with van der Waals surface area (Å²) in [6.45, 7) is 5.36. The number of non-ortho nitro benzene ring substituents is 1. The molecule has 228 valence electrons. The Morgan fingerprint density at radius 3 is 2.42 bits per heavy atom. The fraction of sp³-hybridized carbons (Fsp3) is 0.387. The number of benzene rings is 3. The minimum atomic E-state index is -3.79. The van der Waals surface area contributed by atoms with Crippen molar-refractivity contribution in [2.75, 3.05) is 24.4 Å². The molecule has 1 aliphatic carbocycles. The number of aryl methyl sites for hydroxylation is 1. The number of ether oxygens (including phenoxy) is 2. The fourth-order valence-electron chi connectivity index (χ4n) is 5.76. The van der Waals surface area contributed by atoms with Crippen LogP contribution in [0.2, 0.25) is 0 Å². The van der Waals surface area contributed by atoms with Crippen LogP contribution in [-0.4, -0.2) is 44.2 Å². The maximum atomic E-state index is 13.3. The van der Waals surface area contributed by atoms with E-state index in [9.17, 15) is 23.3 Å². The van der Waals surface area contributed by atoms with Gasteiger partial charge < -0.3 is 23.9 Å². The van der Waals surface area contributed by atoms with Crippen LogP contribution in [0.15, 0.2) is 48.5 Å². The van der Waals surface area contributed by atoms with Crippen LogP contribution < -0.4 is 23.9 Å². The Balaban J connectivity index is 1.59. The fourth-order valence-corrected chi connectivity index (χ4v) is 7.18. The van der Waals surface area contributed by atoms with Gasteiger partial charge in [-0.15, -0.1) is 0 Å². The number of nitro groups is 1. The number of likely N-dealkylation sites (N-methyl/N-ethyl adjacent to an activating group) is 1. The van der Waals surface area contributed by atoms with Gasteiger partial charge in [-0.2, -0.15) is 8.42 Å². The standard InChI is InChI=1S/C31H35N3O8S/c1-19-10-11-20(34(36)37)16-27(19)41-18-25-23(14-15-26-29(25)33(4)30(35)31(2,3)32-26)24-13-12-21(17-28(24)40-5)42-43(38,39)22-8-6-7-9-22/h10-17,22,32H,6-9,18H2,1-5H3. The normalized spacial score (nSPS) is 16.4. The summed E-state index contributed by atoms with van der Waals surface area (Å²) >= 11 is 0. The van der Waals surface area contributed by atoms with Gasteiger partial charge >= 0.3 is 10.1 Å². The van der Waals surface area contributed by atoms with Gasteiger partial charge in [0.05, 0.1) is 34.7 Å². The molecule has 3 aromatic rings. The molecule has 0 radical (unpaired) electrons. The zero-order valence-electron chi connectivity index (χ0n) is 24.8. The molecular formula is C31H35N3O8S. The molecule has 1 saturated carbocycles. The van der Waals surface area contributed by atoms with E-state index in [1.807, 2.05) is 12.1 Å². The number of hydrogen-bond donors (Lipinski definition) is 1. The van der Waals surface area contributed by atoms with Crippen molar-refractivity contribution < 1.29 is 31.8 Å². The van der Waals surface area contributed by atoms with Gasteiger partial charge in [0.25, 0.3) is 11.6 Å². The van der Waals surface area contributed by atoms with Gasteiger partial charge in [0.15, 0.2) is 0 Å². The Bertz CT molecular complexity index is 1700. The SMILES string of the molecule is COc1cc(OS(=O)(=O)C2CCCC2)ccc1-c1ccc2c(c1COc1cc([N+](=O)[O-])ccc1C)N(C)C(=O)C(C)(C)N2. The highest BCUT2D eigenvalue weighted by Gasteiger charge is 2.39. The van der Waals surface area contributed by atoms with Crippen molar-refractivity contribution in [3.05, 3.63) is 69.8 Å². The monoisotopic (exact) mass is 609 g/mol. The lowest BCUT2D eigenvalue weighted by Gasteiger charge is -2.39. The average Bonchev–Trinajstić information content (AvgIpc) is 3.51. The molecule has 1 fully saturated rings. The van der Waals surface area contributed by atoms with Crippen molar-refractivity contribution in [1.29, 1.82) is 0 Å². The number of nitrogens with zero attached hydrogens (tertiary/aromatic N) is 2. The van der Waals surface area contributed by atoms with Crippen LogP contribution in [0, 0.1) is 17.0 Å². The van der Waals surface area contributed by atoms with E-state index in [1.54, 1.807) is 50.9 Å². The number of fused-ring (bicyclic) bond motifs is 1. The third-order valence-corrected chi connectivity index (χ3v) is 9.76. The predicted molar refractivity (Wildman–Crippen MR) is 164 cm³/mol. The predicted octanol–water partition coefficient (Wildman–Crippen LogP) is 5.98. The number of hydrogen-bond acceptors (Lipinski definition) is 9. The van der Waals surface area contributed by atoms with Crippen molar-refractivity contribution in [3.8, 4) is 28.4 Å². The molecule has 0 saturated heterocycles. The Morgan fingerprint density at radius 1 is 1.05 bits per heavy atom. The lowest BCUT2D eigenvalue weighted by molar-refractivity contribution is -0.385. The topological polar surface area (TPSA) is 137 Å². The van der Waals surface area contributed by atoms with Gasteiger partial charge in [0.2, 0.25) is 0 Å². The molecule has 0 bridgehead atoms. The van der Waals surface area contributed by atoms with Crippen LogP contribution in [0.25, 0.3) is 11.1 Å². The summed E-state index contributed by atoms with van der Waals surface area (Å²) in [5.74, 6) is 0.692. The first-order valence-corrected chi connectivity index (χ1v) is 15.5. The van der Waals surface area contributed by atoms with Gasteiger partial charge in [-0.1, -0.05) is 18.9 Å². The quantitative estimate of drug-likeness (QED) is 0.177. The maximum Gasteiger partial charge on any atom is 0.312 e. The minimum Gasteiger partial charge on any atom is -0.496 e. The number of amides is 1. The van der Waals surface area contributed by atoms with E-state index in [2.05, 4.69) is 5.32 Å². The molecule has 3 aromatic carbocycles. The number of nitro benzene ring substituents is 1. The summed E-state index contributed by atoms with van der Waals surface area (Å²) in [5.41, 5.74) is 3.00. The summed E-state index contributed by atoms with van der Waals surface area (Å²) in [7, 11) is -0.616. The third kappa shape index (κ3) is 5.83. The molecule has 0 unspecified atom stereocenters. The second-order valence-corrected chi connectivity index (χ2v) is 13.3. The molecule has 12 heteroatoms. The maximum absolute atomic E-state index is 13.3. The first kappa shape index (κ1) is 30.1. The molecule has 2 aliphatic rings. The van der Waals surface area contributed by atoms with Crippen molar-refractivity contribution in [1.82, 2.24) is 0 Å². The highest BCUT2D eigenvalue weighted by atomic mass is 32.2. The Labute approximate surface area is 251 Å². The van der Waals surface area contributed by atoms with E-state index in [0.717, 1.165) is 12.8 Å². The zero-order chi connectivity index (χ0) is 31.1. The van der Waals surface area contributed by atoms with Gasteiger partial charge in [-0.25, -0.2) is 0 Å². The lowest BCUT2D eigenvalue weighted by atomic mass is 9.91. The molecule has 1 aliphatic heterocycles. The third-order valence-electron chi connectivity index (χ3n) is 8.05. The average molecular weight is 610 g/mol. The van der Waals surface area contributed by atoms with Crippen LogP contribution in [0.4, 0.5) is 17.1 Å². The van der Waals surface area contributed by atoms with E-state index in [-0.39, 0.29) is 24.0 Å². The smallest absolute Gasteiger partial charge is 0.312 e. The number of anilines is 2. The van der Waals surface area contributed by atoms with E-state index >= 15 is 0 Å². The molecule has 0 spiro atoms. The molecule has 0 aromatic heterocycles. The van der Waals surface area contributed by atoms with Gasteiger partial charge in [0.1, 0.15) is 29.4 Å². The summed E-state index contributed by atoms with van der Waals surface area (Å²) < 4.78 is 43.0. The first-order chi connectivity index (χ1) is 20.3. The molecule has 11 nitrogen and oxygen atoms in total. The van der Waals surface area contributed by atoms with Crippen LogP contribution in [0.3, 0.4) is 0 Å². The molecule has 5 rings (SSSR count). The van der Waals surface area contributed by atoms with Gasteiger partial charge in [-0.3, -0.25) is 14.9 Å². The second-order valence-electron chi connectivity index (χ2n) is 11.4. The zero-order valence-corrected chi connectivity index (χ0v) is 25.6. The number of methoxy groups -OCH3 is 1. The first-order valence-electron chi connectivity index (χ1n) is 14.0. The van der Waals surface area contributed by atoms with Crippen molar-refractivity contribution in [3.63, 3.8) is 0 Å². The Kier molecular flexibility index (Phi) is 7.99. The Morgan fingerprint density at radius 2 is 1.74 bits per heavy atom. The van der Waals surface area contributed by atoms with E-state index in [1.165, 1.54) is 25.3 Å². The molecule has 1 heterocycles. The number of nitrogens with one attached hydrogen (secondary N) is 1. The summed E-state index contributed by atoms with van der Waals surface area (Å²) in [4.78, 5) is 25.8. The number of carbonyl (C=O) groups is 1. The van der Waals surface area contributed by atoms with Crippen LogP contribution >= 0.6 is 0 Å². The van der Waals surface area contributed by atoms with Gasteiger partial charge in [-0.05, 0) is 69.0 Å². The molecule has 0 atom stereocenters. The molecule has 1 N–H and O–H groups in total. The highest BCUT2D eigenvalue weighted by Crippen LogP contribution is 2.45. The number of carbonyl (C=O) groups excluding carboxylic acids is 1. The second kappa shape index (κ2) is 11.4. The number of rotatable bonds is 9. The van der Waals surface area contributed by atoms with Gasteiger partial charge in [0, 0.05) is 30.3 Å². The summed E-state index contributed by atoms with van der Waals surface area (Å²) in [6.07, 6.45) is 2.88.